The summed E-state index contributed by atoms with van der Waals surface area (Å²) >= 11 is 0. The Morgan fingerprint density at radius 3 is 2.29 bits per heavy atom. The SMILES string of the molecule is CC=Cc1c(C)c(ON(C)[O-])c(N)c(NC)c1ON(N)[O-]. The van der Waals surface area contributed by atoms with Crippen LogP contribution in [-0.4, -0.2) is 24.7 Å². The fourth-order valence-electron chi connectivity index (χ4n) is 1.91. The van der Waals surface area contributed by atoms with Crippen LogP contribution in [0.5, 0.6) is 11.5 Å². The molecule has 9 heteroatoms. The Kier molecular flexibility index (Phi) is 5.76. The normalized spacial score (nSPS) is 11.5. The fourth-order valence-corrected chi connectivity index (χ4v) is 1.91. The molecule has 0 aliphatic heterocycles. The van der Waals surface area contributed by atoms with Gasteiger partial charge in [0.1, 0.15) is 11.4 Å². The summed E-state index contributed by atoms with van der Waals surface area (Å²) in [5, 5.41) is 25.1. The number of hydroxylamine groups is 2. The molecule has 5 N–H and O–H groups in total. The summed E-state index contributed by atoms with van der Waals surface area (Å²) in [6, 6.07) is 0. The van der Waals surface area contributed by atoms with E-state index in [1.807, 2.05) is 0 Å². The Bertz CT molecular complexity index is 531. The Balaban J connectivity index is 3.63. The van der Waals surface area contributed by atoms with Crippen molar-refractivity contribution in [2.45, 2.75) is 13.8 Å². The number of rotatable bonds is 6. The van der Waals surface area contributed by atoms with Crippen LogP contribution in [0.2, 0.25) is 0 Å². The van der Waals surface area contributed by atoms with Crippen molar-refractivity contribution >= 4 is 17.5 Å². The summed E-state index contributed by atoms with van der Waals surface area (Å²) in [7, 11) is 2.78. The molecular formula is C12H19N5O4-2. The molecule has 0 aromatic heterocycles. The van der Waals surface area contributed by atoms with Crippen LogP contribution in [0.1, 0.15) is 18.1 Å². The van der Waals surface area contributed by atoms with Crippen LogP contribution in [-0.2, 0) is 0 Å². The van der Waals surface area contributed by atoms with Crippen molar-refractivity contribution in [1.29, 1.82) is 0 Å². The van der Waals surface area contributed by atoms with E-state index in [9.17, 15) is 10.4 Å². The van der Waals surface area contributed by atoms with Gasteiger partial charge >= 0.3 is 0 Å². The number of anilines is 2. The molecule has 0 aliphatic carbocycles. The van der Waals surface area contributed by atoms with E-state index in [4.69, 9.17) is 21.3 Å². The first kappa shape index (κ1) is 17.0. The summed E-state index contributed by atoms with van der Waals surface area (Å²) in [4.78, 5) is 10.0. The van der Waals surface area contributed by atoms with Crippen LogP contribution in [0.4, 0.5) is 11.4 Å². The predicted octanol–water partition coefficient (Wildman–Crippen LogP) is 1.34. The quantitative estimate of drug-likeness (QED) is 0.403. The summed E-state index contributed by atoms with van der Waals surface area (Å²) < 4.78 is 0. The summed E-state index contributed by atoms with van der Waals surface area (Å²) in [6.07, 6.45) is 3.42. The van der Waals surface area contributed by atoms with Gasteiger partial charge in [0, 0.05) is 25.2 Å². The molecule has 0 heterocycles. The molecule has 0 fully saturated rings. The molecule has 0 amide bonds. The minimum atomic E-state index is -0.178. The van der Waals surface area contributed by atoms with E-state index in [0.29, 0.717) is 11.1 Å². The van der Waals surface area contributed by atoms with Crippen LogP contribution in [0.25, 0.3) is 6.08 Å². The zero-order chi connectivity index (χ0) is 16.2. The van der Waals surface area contributed by atoms with Crippen molar-refractivity contribution in [2.75, 3.05) is 25.1 Å². The minimum Gasteiger partial charge on any atom is -0.753 e. The number of nitrogens with zero attached hydrogens (tertiary/aromatic N) is 2. The minimum absolute atomic E-state index is 0.128. The number of hydrazine groups is 1. The van der Waals surface area contributed by atoms with Gasteiger partial charge in [-0.1, -0.05) is 12.2 Å². The molecule has 1 rings (SSSR count). The number of hydrogen-bond acceptors (Lipinski definition) is 9. The third-order valence-electron chi connectivity index (χ3n) is 2.71. The highest BCUT2D eigenvalue weighted by molar-refractivity contribution is 5.86. The highest BCUT2D eigenvalue weighted by Crippen LogP contribution is 2.45. The topological polar surface area (TPSA) is 135 Å². The Labute approximate surface area is 122 Å². The highest BCUT2D eigenvalue weighted by Gasteiger charge is 2.22. The van der Waals surface area contributed by atoms with Crippen LogP contribution in [0.3, 0.4) is 0 Å². The van der Waals surface area contributed by atoms with Gasteiger partial charge in [0.15, 0.2) is 11.5 Å². The molecule has 0 bridgehead atoms. The molecule has 1 aromatic carbocycles. The number of nitrogens with two attached hydrogens (primary N) is 2. The van der Waals surface area contributed by atoms with E-state index in [-0.39, 0.29) is 33.4 Å². The largest absolute Gasteiger partial charge is 0.753 e. The first-order valence-corrected chi connectivity index (χ1v) is 6.08. The molecule has 0 unspecified atom stereocenters. The van der Waals surface area contributed by atoms with E-state index in [2.05, 4.69) is 5.32 Å². The van der Waals surface area contributed by atoms with Gasteiger partial charge in [-0.15, -0.1) is 5.34 Å². The van der Waals surface area contributed by atoms with Crippen LogP contribution < -0.4 is 26.6 Å². The molecule has 0 spiro atoms. The lowest BCUT2D eigenvalue weighted by molar-refractivity contribution is -0.00795. The maximum absolute atomic E-state index is 11.1. The Morgan fingerprint density at radius 1 is 1.24 bits per heavy atom. The summed E-state index contributed by atoms with van der Waals surface area (Å²) in [5.74, 6) is 5.32. The molecule has 0 radical (unpaired) electrons. The zero-order valence-corrected chi connectivity index (χ0v) is 12.3. The molecule has 118 valence electrons. The molecule has 0 saturated carbocycles. The van der Waals surface area contributed by atoms with Crippen molar-refractivity contribution in [1.82, 2.24) is 10.6 Å². The van der Waals surface area contributed by atoms with E-state index >= 15 is 0 Å². The average molecular weight is 297 g/mol. The molecule has 0 saturated heterocycles. The third-order valence-corrected chi connectivity index (χ3v) is 2.71. The van der Waals surface area contributed by atoms with Crippen molar-refractivity contribution in [3.8, 4) is 11.5 Å². The maximum atomic E-state index is 11.1. The lowest BCUT2D eigenvalue weighted by Gasteiger charge is -2.29. The molecule has 21 heavy (non-hydrogen) atoms. The second-order valence-electron chi connectivity index (χ2n) is 4.14. The standard InChI is InChI=1S/C12H19N5O4/c1-5-6-8-7(2)11(20-16(4)18)9(13)10(15-3)12(8)21-17(14)19/h5-6,15H,13-14H2,1-4H3/q-2. The molecule has 9 nitrogen and oxygen atoms in total. The van der Waals surface area contributed by atoms with Crippen molar-refractivity contribution in [3.05, 3.63) is 27.6 Å². The molecule has 0 aliphatic rings. The van der Waals surface area contributed by atoms with Gasteiger partial charge in [-0.05, 0) is 13.8 Å². The van der Waals surface area contributed by atoms with Crippen LogP contribution in [0, 0.1) is 17.3 Å². The first-order chi connectivity index (χ1) is 9.83. The maximum Gasteiger partial charge on any atom is 0.180 e. The fraction of sp³-hybridized carbons (Fsp3) is 0.333. The summed E-state index contributed by atoms with van der Waals surface area (Å²) in [6.45, 7) is 3.47. The smallest absolute Gasteiger partial charge is 0.180 e. The van der Waals surface area contributed by atoms with E-state index in [1.54, 1.807) is 33.0 Å². The van der Waals surface area contributed by atoms with E-state index in [1.165, 1.54) is 7.05 Å². The van der Waals surface area contributed by atoms with Gasteiger partial charge in [0.25, 0.3) is 0 Å². The van der Waals surface area contributed by atoms with Gasteiger partial charge in [-0.3, -0.25) is 0 Å². The predicted molar refractivity (Wildman–Crippen MR) is 81.6 cm³/mol. The van der Waals surface area contributed by atoms with E-state index < -0.39 is 0 Å². The van der Waals surface area contributed by atoms with Gasteiger partial charge in [-0.2, -0.15) is 0 Å². The Hall–Kier alpha value is -2.04. The van der Waals surface area contributed by atoms with Crippen molar-refractivity contribution < 1.29 is 9.68 Å². The second-order valence-corrected chi connectivity index (χ2v) is 4.14. The number of hydrogen-bond donors (Lipinski definition) is 3. The molecule has 1 aromatic rings. The monoisotopic (exact) mass is 297 g/mol. The second kappa shape index (κ2) is 7.11. The molecular weight excluding hydrogens is 278 g/mol. The van der Waals surface area contributed by atoms with Crippen molar-refractivity contribution in [3.63, 3.8) is 0 Å². The number of benzene rings is 1. The van der Waals surface area contributed by atoms with Gasteiger partial charge in [-0.25, -0.2) is 11.1 Å². The number of allylic oxidation sites excluding steroid dienone is 1. The highest BCUT2D eigenvalue weighted by atomic mass is 16.9. The summed E-state index contributed by atoms with van der Waals surface area (Å²) in [5.41, 5.74) is 7.43. The van der Waals surface area contributed by atoms with Crippen LogP contribution >= 0.6 is 0 Å². The molecule has 0 atom stereocenters. The van der Waals surface area contributed by atoms with Crippen LogP contribution in [0.15, 0.2) is 6.08 Å². The lowest BCUT2D eigenvalue weighted by Crippen LogP contribution is -2.28. The number of nitrogen functional groups attached to an aromatic ring is 1. The van der Waals surface area contributed by atoms with E-state index in [0.717, 1.165) is 0 Å². The van der Waals surface area contributed by atoms with Gasteiger partial charge < -0.3 is 31.1 Å². The van der Waals surface area contributed by atoms with Gasteiger partial charge in [0.05, 0.1) is 0 Å². The van der Waals surface area contributed by atoms with Gasteiger partial charge in [0.2, 0.25) is 0 Å². The Morgan fingerprint density at radius 2 is 1.86 bits per heavy atom. The third kappa shape index (κ3) is 3.74. The average Bonchev–Trinajstić information content (AvgIpc) is 2.39. The lowest BCUT2D eigenvalue weighted by atomic mass is 10.0. The first-order valence-electron chi connectivity index (χ1n) is 6.08. The van der Waals surface area contributed by atoms with Crippen molar-refractivity contribution in [2.24, 2.45) is 5.84 Å². The zero-order valence-electron chi connectivity index (χ0n) is 12.3. The number of nitrogens with one attached hydrogen (secondary N) is 1.